The van der Waals surface area contributed by atoms with Crippen molar-refractivity contribution >= 4 is 17.7 Å². The highest BCUT2D eigenvalue weighted by atomic mass is 19.1. The Labute approximate surface area is 190 Å². The first kappa shape index (κ1) is 21.7. The van der Waals surface area contributed by atoms with Crippen molar-refractivity contribution in [2.75, 3.05) is 13.1 Å². The van der Waals surface area contributed by atoms with E-state index in [1.54, 1.807) is 32.2 Å². The molecule has 4 heterocycles. The zero-order valence-corrected chi connectivity index (χ0v) is 18.5. The van der Waals surface area contributed by atoms with Gasteiger partial charge in [-0.2, -0.15) is 0 Å². The smallest absolute Gasteiger partial charge is 0.255 e. The predicted molar refractivity (Wildman–Crippen MR) is 116 cm³/mol. The molecule has 0 spiro atoms. The van der Waals surface area contributed by atoms with Crippen LogP contribution < -0.4 is 5.32 Å². The molecule has 172 valence electrons. The maximum atomic E-state index is 15.7. The van der Waals surface area contributed by atoms with Crippen LogP contribution in [0.25, 0.3) is 11.3 Å². The second kappa shape index (κ2) is 7.71. The maximum absolute atomic E-state index is 15.7. The number of benzene rings is 1. The van der Waals surface area contributed by atoms with Crippen LogP contribution in [0.1, 0.15) is 54.2 Å². The Morgan fingerprint density at radius 1 is 1.21 bits per heavy atom. The molecule has 3 aliphatic heterocycles. The number of amides is 3. The van der Waals surface area contributed by atoms with Gasteiger partial charge < -0.3 is 10.0 Å². The molecule has 2 aromatic rings. The van der Waals surface area contributed by atoms with E-state index in [-0.39, 0.29) is 35.4 Å². The van der Waals surface area contributed by atoms with Gasteiger partial charge in [-0.1, -0.05) is 0 Å². The first-order valence-electron chi connectivity index (χ1n) is 11.0. The molecule has 1 aromatic carbocycles. The lowest BCUT2D eigenvalue weighted by Gasteiger charge is -2.44. The molecule has 2 N–H and O–H groups in total. The van der Waals surface area contributed by atoms with Gasteiger partial charge in [-0.05, 0) is 50.1 Å². The molecule has 0 saturated carbocycles. The van der Waals surface area contributed by atoms with Gasteiger partial charge in [-0.15, -0.1) is 0 Å². The van der Waals surface area contributed by atoms with Crippen molar-refractivity contribution in [1.82, 2.24) is 20.1 Å². The van der Waals surface area contributed by atoms with E-state index in [1.165, 1.54) is 4.90 Å². The Bertz CT molecular complexity index is 1170. The number of aliphatic hydroxyl groups is 1. The number of halogens is 1. The van der Waals surface area contributed by atoms with Gasteiger partial charge in [0.15, 0.2) is 0 Å². The lowest BCUT2D eigenvalue weighted by molar-refractivity contribution is -0.137. The summed E-state index contributed by atoms with van der Waals surface area (Å²) in [6.45, 7) is 5.26. The quantitative estimate of drug-likeness (QED) is 0.686. The maximum Gasteiger partial charge on any atom is 0.255 e. The summed E-state index contributed by atoms with van der Waals surface area (Å²) in [7, 11) is 0. The molecule has 2 saturated heterocycles. The summed E-state index contributed by atoms with van der Waals surface area (Å²) in [6, 6.07) is 5.35. The van der Waals surface area contributed by atoms with E-state index in [9.17, 15) is 19.5 Å². The lowest BCUT2D eigenvalue weighted by atomic mass is 9.95. The van der Waals surface area contributed by atoms with Gasteiger partial charge in [-0.25, -0.2) is 4.39 Å². The number of rotatable bonds is 4. The molecule has 0 unspecified atom stereocenters. The molecule has 33 heavy (non-hydrogen) atoms. The number of hydrogen-bond donors (Lipinski definition) is 2. The van der Waals surface area contributed by atoms with Gasteiger partial charge in [0.2, 0.25) is 11.8 Å². The third-order valence-corrected chi connectivity index (χ3v) is 6.66. The van der Waals surface area contributed by atoms with Crippen molar-refractivity contribution in [1.29, 1.82) is 0 Å². The number of aromatic nitrogens is 1. The van der Waals surface area contributed by atoms with Crippen molar-refractivity contribution in [2.45, 2.75) is 50.9 Å². The van der Waals surface area contributed by atoms with Crippen LogP contribution in [0.4, 0.5) is 4.39 Å². The number of β-amino-alcohol motifs (C(OH)–C–C–N with tert-alkyl or cyclic N) is 1. The van der Waals surface area contributed by atoms with Crippen LogP contribution in [-0.2, 0) is 16.1 Å². The van der Waals surface area contributed by atoms with Crippen LogP contribution in [0, 0.1) is 5.82 Å². The first-order valence-corrected chi connectivity index (χ1v) is 11.0. The second-order valence-corrected chi connectivity index (χ2v) is 9.44. The Kier molecular flexibility index (Phi) is 5.06. The molecule has 8 nitrogen and oxygen atoms in total. The van der Waals surface area contributed by atoms with Gasteiger partial charge in [0.25, 0.3) is 5.91 Å². The largest absolute Gasteiger partial charge is 0.388 e. The summed E-state index contributed by atoms with van der Waals surface area (Å²) >= 11 is 0. The van der Waals surface area contributed by atoms with Crippen LogP contribution in [0.2, 0.25) is 0 Å². The van der Waals surface area contributed by atoms with E-state index in [0.717, 1.165) is 5.56 Å². The van der Waals surface area contributed by atoms with Gasteiger partial charge in [-0.3, -0.25) is 29.6 Å². The molecule has 2 atom stereocenters. The van der Waals surface area contributed by atoms with E-state index in [2.05, 4.69) is 15.2 Å². The summed E-state index contributed by atoms with van der Waals surface area (Å²) in [5.41, 5.74) is 1.50. The molecule has 1 aromatic heterocycles. The number of piperidine rings is 1. The zero-order valence-electron chi connectivity index (χ0n) is 18.5. The normalized spacial score (nSPS) is 24.5. The molecule has 3 amide bonds. The number of carbonyl (C=O) groups excluding carboxylic acids is 3. The highest BCUT2D eigenvalue weighted by Crippen LogP contribution is 2.41. The third kappa shape index (κ3) is 3.71. The summed E-state index contributed by atoms with van der Waals surface area (Å²) in [5, 5.41) is 12.2. The van der Waals surface area contributed by atoms with Crippen molar-refractivity contribution in [3.8, 4) is 11.3 Å². The van der Waals surface area contributed by atoms with Crippen molar-refractivity contribution in [3.63, 3.8) is 0 Å². The highest BCUT2D eigenvalue weighted by molar-refractivity contribution is 6.06. The van der Waals surface area contributed by atoms with Crippen LogP contribution in [0.3, 0.4) is 0 Å². The molecule has 2 fully saturated rings. The number of fused-ring (bicyclic) bond motifs is 1. The minimum Gasteiger partial charge on any atom is -0.388 e. The summed E-state index contributed by atoms with van der Waals surface area (Å²) < 4.78 is 15.7. The predicted octanol–water partition coefficient (Wildman–Crippen LogP) is 1.78. The monoisotopic (exact) mass is 452 g/mol. The molecule has 0 bridgehead atoms. The standard InChI is InChI=1S/C24H25FN4O4/c1-13-20-16(23(32)29(13)18-5-6-19(30)27-22(18)31)4-3-15(21(20)25)17-9-14(7-8-26-17)10-28-11-24(2,33)12-28/h3-4,7-9,13,18,33H,5-6,10-12H2,1-2H3,(H,27,30,31)/t13-,18+/m1/s1. The number of hydrogen-bond acceptors (Lipinski definition) is 6. The molecular formula is C24H25FN4O4. The topological polar surface area (TPSA) is 103 Å². The van der Waals surface area contributed by atoms with Crippen LogP contribution in [-0.4, -0.2) is 62.3 Å². The Morgan fingerprint density at radius 3 is 2.64 bits per heavy atom. The number of nitrogens with one attached hydrogen (secondary N) is 1. The number of likely N-dealkylation sites (tertiary alicyclic amines) is 1. The SMILES string of the molecule is C[C@@H]1c2c(ccc(-c3cc(CN4CC(C)(O)C4)ccn3)c2F)C(=O)N1[C@H]1CCC(=O)NC1=O. The van der Waals surface area contributed by atoms with Gasteiger partial charge in [0, 0.05) is 48.9 Å². The molecule has 0 radical (unpaired) electrons. The first-order chi connectivity index (χ1) is 15.6. The molecule has 5 rings (SSSR count). The third-order valence-electron chi connectivity index (χ3n) is 6.66. The zero-order chi connectivity index (χ0) is 23.5. The van der Waals surface area contributed by atoms with Crippen molar-refractivity contribution in [2.24, 2.45) is 0 Å². The Hall–Kier alpha value is -3.17. The highest BCUT2D eigenvalue weighted by Gasteiger charge is 2.45. The number of carbonyl (C=O) groups is 3. The Balaban J connectivity index is 1.43. The number of imide groups is 1. The molecule has 9 heteroatoms. The molecular weight excluding hydrogens is 427 g/mol. The summed E-state index contributed by atoms with van der Waals surface area (Å²) in [5.74, 6) is -1.84. The van der Waals surface area contributed by atoms with E-state index in [0.29, 0.717) is 25.3 Å². The van der Waals surface area contributed by atoms with E-state index >= 15 is 4.39 Å². The van der Waals surface area contributed by atoms with Crippen molar-refractivity contribution < 1.29 is 23.9 Å². The van der Waals surface area contributed by atoms with E-state index in [1.807, 2.05) is 12.1 Å². The van der Waals surface area contributed by atoms with Gasteiger partial charge >= 0.3 is 0 Å². The summed E-state index contributed by atoms with van der Waals surface area (Å²) in [6.07, 6.45) is 1.98. The van der Waals surface area contributed by atoms with E-state index < -0.39 is 35.3 Å². The minimum absolute atomic E-state index is 0.139. The van der Waals surface area contributed by atoms with Gasteiger partial charge in [0.1, 0.15) is 11.9 Å². The lowest BCUT2D eigenvalue weighted by Crippen LogP contribution is -2.59. The summed E-state index contributed by atoms with van der Waals surface area (Å²) in [4.78, 5) is 44.7. The van der Waals surface area contributed by atoms with Gasteiger partial charge in [0.05, 0.1) is 17.3 Å². The van der Waals surface area contributed by atoms with E-state index in [4.69, 9.17) is 0 Å². The molecule has 0 aliphatic carbocycles. The number of pyridine rings is 1. The fourth-order valence-corrected chi connectivity index (χ4v) is 5.21. The average Bonchev–Trinajstić information content (AvgIpc) is 2.98. The fourth-order valence-electron chi connectivity index (χ4n) is 5.21. The average molecular weight is 452 g/mol. The second-order valence-electron chi connectivity index (χ2n) is 9.44. The van der Waals surface area contributed by atoms with Crippen LogP contribution in [0.5, 0.6) is 0 Å². The molecule has 3 aliphatic rings. The van der Waals surface area contributed by atoms with Crippen LogP contribution in [0.15, 0.2) is 30.5 Å². The van der Waals surface area contributed by atoms with Crippen molar-refractivity contribution in [3.05, 3.63) is 53.0 Å². The minimum atomic E-state index is -0.810. The fraction of sp³-hybridized carbons (Fsp3) is 0.417. The number of nitrogens with zero attached hydrogens (tertiary/aromatic N) is 3. The Morgan fingerprint density at radius 2 is 1.94 bits per heavy atom. The van der Waals surface area contributed by atoms with Crippen LogP contribution >= 0.6 is 0 Å².